The van der Waals surface area contributed by atoms with Crippen LogP contribution in [0.2, 0.25) is 0 Å². The molecule has 1 atom stereocenters. The first-order valence-electron chi connectivity index (χ1n) is 9.99. The molecule has 0 spiro atoms. The number of amides is 1. The quantitative estimate of drug-likeness (QED) is 0.738. The van der Waals surface area contributed by atoms with Crippen LogP contribution >= 0.6 is 0 Å². The lowest BCUT2D eigenvalue weighted by Gasteiger charge is -2.45. The topological polar surface area (TPSA) is 70.2 Å². The third-order valence-corrected chi connectivity index (χ3v) is 7.28. The molecule has 2 aliphatic heterocycles. The maximum absolute atomic E-state index is 13.3. The Kier molecular flexibility index (Phi) is 6.75. The minimum atomic E-state index is -3.67. The third-order valence-electron chi connectivity index (χ3n) is 5.40. The van der Waals surface area contributed by atoms with E-state index in [0.717, 1.165) is 18.7 Å². The summed E-state index contributed by atoms with van der Waals surface area (Å²) in [5.41, 5.74) is 1.01. The van der Waals surface area contributed by atoms with Gasteiger partial charge in [-0.15, -0.1) is 0 Å². The smallest absolute Gasteiger partial charge is 0.244 e. The minimum Gasteiger partial charge on any atom is -0.379 e. The third kappa shape index (κ3) is 4.56. The Hall–Kier alpha value is -1.48. The maximum Gasteiger partial charge on any atom is 0.244 e. The monoisotopic (exact) mass is 409 g/mol. The van der Waals surface area contributed by atoms with E-state index in [1.165, 1.54) is 4.31 Å². The highest BCUT2D eigenvalue weighted by atomic mass is 32.2. The standard InChI is InChI=1S/C20H31N3O4S/c1-16(2)20-22(19(24)15-21-11-13-27-14-12-21)9-4-10-23(20)28(25,26)18-7-5-17(3)6-8-18/h5-8,16,20H,4,9-15H2,1-3H3/t20-/m0/s1. The second-order valence-corrected chi connectivity index (χ2v) is 9.81. The number of carbonyl (C=O) groups is 1. The number of carbonyl (C=O) groups excluding carboxylic acids is 1. The number of ether oxygens (including phenoxy) is 1. The van der Waals surface area contributed by atoms with E-state index in [2.05, 4.69) is 4.90 Å². The zero-order valence-electron chi connectivity index (χ0n) is 17.0. The lowest BCUT2D eigenvalue weighted by Crippen LogP contribution is -2.61. The summed E-state index contributed by atoms with van der Waals surface area (Å²) in [7, 11) is -3.67. The number of hydrogen-bond donors (Lipinski definition) is 0. The van der Waals surface area contributed by atoms with E-state index in [9.17, 15) is 13.2 Å². The van der Waals surface area contributed by atoms with Crippen LogP contribution in [-0.4, -0.2) is 80.5 Å². The van der Waals surface area contributed by atoms with E-state index in [4.69, 9.17) is 4.74 Å². The molecule has 1 amide bonds. The Bertz CT molecular complexity index is 773. The normalized spacial score (nSPS) is 22.6. The van der Waals surface area contributed by atoms with E-state index in [1.54, 1.807) is 17.0 Å². The summed E-state index contributed by atoms with van der Waals surface area (Å²) in [6, 6.07) is 6.91. The van der Waals surface area contributed by atoms with E-state index in [-0.39, 0.29) is 16.7 Å². The van der Waals surface area contributed by atoms with Gasteiger partial charge in [0.25, 0.3) is 0 Å². The highest BCUT2D eigenvalue weighted by Crippen LogP contribution is 2.28. The van der Waals surface area contributed by atoms with E-state index < -0.39 is 16.2 Å². The molecular weight excluding hydrogens is 378 g/mol. The molecule has 7 nitrogen and oxygen atoms in total. The zero-order chi connectivity index (χ0) is 20.3. The second kappa shape index (κ2) is 8.90. The summed E-state index contributed by atoms with van der Waals surface area (Å²) in [4.78, 5) is 17.2. The first-order valence-corrected chi connectivity index (χ1v) is 11.4. The SMILES string of the molecule is Cc1ccc(S(=O)(=O)N2CCCN(C(=O)CN3CCOCC3)[C@@H]2C(C)C)cc1. The summed E-state index contributed by atoms with van der Waals surface area (Å²) >= 11 is 0. The van der Waals surface area contributed by atoms with Crippen molar-refractivity contribution in [2.75, 3.05) is 45.9 Å². The molecule has 0 aromatic heterocycles. The molecule has 0 unspecified atom stereocenters. The molecule has 0 aliphatic carbocycles. The van der Waals surface area contributed by atoms with Gasteiger partial charge in [-0.25, -0.2) is 8.42 Å². The van der Waals surface area contributed by atoms with Crippen LogP contribution in [0, 0.1) is 12.8 Å². The van der Waals surface area contributed by atoms with E-state index in [0.29, 0.717) is 39.3 Å². The summed E-state index contributed by atoms with van der Waals surface area (Å²) < 4.78 is 33.5. The predicted molar refractivity (Wildman–Crippen MR) is 107 cm³/mol. The molecule has 1 aromatic carbocycles. The molecule has 2 fully saturated rings. The van der Waals surface area contributed by atoms with Crippen molar-refractivity contribution in [3.05, 3.63) is 29.8 Å². The lowest BCUT2D eigenvalue weighted by molar-refractivity contribution is -0.142. The van der Waals surface area contributed by atoms with Crippen molar-refractivity contribution in [1.82, 2.24) is 14.1 Å². The van der Waals surface area contributed by atoms with Gasteiger partial charge in [-0.3, -0.25) is 9.69 Å². The first kappa shape index (κ1) is 21.2. The molecule has 0 bridgehead atoms. The highest BCUT2D eigenvalue weighted by molar-refractivity contribution is 7.89. The molecule has 2 heterocycles. The molecule has 2 aliphatic rings. The van der Waals surface area contributed by atoms with Gasteiger partial charge in [0.1, 0.15) is 6.17 Å². The zero-order valence-corrected chi connectivity index (χ0v) is 17.8. The Morgan fingerprint density at radius 1 is 1.11 bits per heavy atom. The van der Waals surface area contributed by atoms with Crippen molar-refractivity contribution in [1.29, 1.82) is 0 Å². The van der Waals surface area contributed by atoms with Crippen molar-refractivity contribution in [2.45, 2.75) is 38.3 Å². The van der Waals surface area contributed by atoms with Crippen molar-refractivity contribution in [3.63, 3.8) is 0 Å². The van der Waals surface area contributed by atoms with Crippen molar-refractivity contribution >= 4 is 15.9 Å². The fourth-order valence-corrected chi connectivity index (χ4v) is 5.69. The molecule has 0 N–H and O–H groups in total. The molecule has 3 rings (SSSR count). The van der Waals surface area contributed by atoms with Crippen LogP contribution in [0.1, 0.15) is 25.8 Å². The van der Waals surface area contributed by atoms with Crippen LogP contribution in [0.3, 0.4) is 0 Å². The highest BCUT2D eigenvalue weighted by Gasteiger charge is 2.41. The van der Waals surface area contributed by atoms with Gasteiger partial charge >= 0.3 is 0 Å². The predicted octanol–water partition coefficient (Wildman–Crippen LogP) is 1.53. The summed E-state index contributed by atoms with van der Waals surface area (Å²) in [5, 5.41) is 0. The van der Waals surface area contributed by atoms with Gasteiger partial charge < -0.3 is 9.64 Å². The molecule has 156 valence electrons. The minimum absolute atomic E-state index is 0.00541. The largest absolute Gasteiger partial charge is 0.379 e. The molecule has 0 radical (unpaired) electrons. The number of morpholine rings is 1. The number of rotatable bonds is 5. The maximum atomic E-state index is 13.3. The summed E-state index contributed by atoms with van der Waals surface area (Å²) in [5.74, 6) is -0.0152. The van der Waals surface area contributed by atoms with Gasteiger partial charge in [0.05, 0.1) is 24.7 Å². The molecule has 8 heteroatoms. The number of hydrogen-bond acceptors (Lipinski definition) is 5. The number of sulfonamides is 1. The molecule has 1 aromatic rings. The second-order valence-electron chi connectivity index (χ2n) is 7.92. The average molecular weight is 410 g/mol. The van der Waals surface area contributed by atoms with Gasteiger partial charge in [-0.2, -0.15) is 4.31 Å². The molecule has 28 heavy (non-hydrogen) atoms. The van der Waals surface area contributed by atoms with Crippen molar-refractivity contribution < 1.29 is 17.9 Å². The van der Waals surface area contributed by atoms with Gasteiger partial charge in [0, 0.05) is 26.2 Å². The Morgan fingerprint density at radius 2 is 1.75 bits per heavy atom. The Balaban J connectivity index is 1.83. The number of nitrogens with zero attached hydrogens (tertiary/aromatic N) is 3. The van der Waals surface area contributed by atoms with Gasteiger partial charge in [0.15, 0.2) is 0 Å². The fraction of sp³-hybridized carbons (Fsp3) is 0.650. The number of aryl methyl sites for hydroxylation is 1. The molecule has 2 saturated heterocycles. The van der Waals surface area contributed by atoms with Crippen LogP contribution in [0.5, 0.6) is 0 Å². The summed E-state index contributed by atoms with van der Waals surface area (Å²) in [6.07, 6.45) is 0.178. The summed E-state index contributed by atoms with van der Waals surface area (Å²) in [6.45, 7) is 9.95. The van der Waals surface area contributed by atoms with Crippen LogP contribution in [0.4, 0.5) is 0 Å². The van der Waals surface area contributed by atoms with Gasteiger partial charge in [-0.1, -0.05) is 31.5 Å². The first-order chi connectivity index (χ1) is 13.3. The average Bonchev–Trinajstić information content (AvgIpc) is 2.68. The van der Waals surface area contributed by atoms with Crippen molar-refractivity contribution in [2.24, 2.45) is 5.92 Å². The van der Waals surface area contributed by atoms with Crippen molar-refractivity contribution in [3.8, 4) is 0 Å². The van der Waals surface area contributed by atoms with Crippen LogP contribution in [-0.2, 0) is 19.6 Å². The van der Waals surface area contributed by atoms with Crippen LogP contribution in [0.25, 0.3) is 0 Å². The van der Waals surface area contributed by atoms with Gasteiger partial charge in [-0.05, 0) is 31.4 Å². The van der Waals surface area contributed by atoms with Gasteiger partial charge in [0.2, 0.25) is 15.9 Å². The number of benzene rings is 1. The molecular formula is C20H31N3O4S. The molecule has 0 saturated carbocycles. The fourth-order valence-electron chi connectivity index (χ4n) is 3.93. The van der Waals surface area contributed by atoms with E-state index >= 15 is 0 Å². The van der Waals surface area contributed by atoms with Crippen LogP contribution < -0.4 is 0 Å². The Morgan fingerprint density at radius 3 is 2.36 bits per heavy atom. The van der Waals surface area contributed by atoms with Crippen LogP contribution in [0.15, 0.2) is 29.2 Å². The lowest BCUT2D eigenvalue weighted by atomic mass is 10.1. The Labute approximate surface area is 168 Å². The van der Waals surface area contributed by atoms with E-state index in [1.807, 2.05) is 32.9 Å².